The number of amides is 1. The zero-order valence-electron chi connectivity index (χ0n) is 12.5. The SMILES string of the molecule is Cc1cnn(C)c1C(=O)N[C@H]1CCCc2c(F)cc(F)cc21. The lowest BCUT2D eigenvalue weighted by molar-refractivity contribution is 0.0922. The molecule has 1 atom stereocenters. The molecule has 0 unspecified atom stereocenters. The number of fused-ring (bicyclic) bond motifs is 1. The van der Waals surface area contributed by atoms with Crippen LogP contribution >= 0.6 is 0 Å². The molecule has 1 aromatic carbocycles. The van der Waals surface area contributed by atoms with Gasteiger partial charge in [-0.2, -0.15) is 5.10 Å². The lowest BCUT2D eigenvalue weighted by Gasteiger charge is -2.27. The van der Waals surface area contributed by atoms with Gasteiger partial charge in [0, 0.05) is 13.1 Å². The molecule has 0 bridgehead atoms. The van der Waals surface area contributed by atoms with Crippen LogP contribution in [0.4, 0.5) is 8.78 Å². The van der Waals surface area contributed by atoms with Crippen molar-refractivity contribution in [2.75, 3.05) is 0 Å². The minimum absolute atomic E-state index is 0.278. The normalized spacial score (nSPS) is 17.2. The highest BCUT2D eigenvalue weighted by molar-refractivity contribution is 5.94. The van der Waals surface area contributed by atoms with E-state index >= 15 is 0 Å². The second-order valence-electron chi connectivity index (χ2n) is 5.67. The van der Waals surface area contributed by atoms with E-state index in [1.807, 2.05) is 0 Å². The summed E-state index contributed by atoms with van der Waals surface area (Å²) in [5.74, 6) is -1.43. The Balaban J connectivity index is 1.91. The molecule has 1 aliphatic rings. The number of aromatic nitrogens is 2. The molecule has 1 N–H and O–H groups in total. The summed E-state index contributed by atoms with van der Waals surface area (Å²) in [7, 11) is 1.69. The van der Waals surface area contributed by atoms with E-state index < -0.39 is 11.6 Å². The second-order valence-corrected chi connectivity index (χ2v) is 5.67. The molecule has 22 heavy (non-hydrogen) atoms. The van der Waals surface area contributed by atoms with Crippen LogP contribution in [0.5, 0.6) is 0 Å². The minimum atomic E-state index is -0.617. The molecule has 1 heterocycles. The molecule has 2 aromatic rings. The first-order valence-electron chi connectivity index (χ1n) is 7.24. The van der Waals surface area contributed by atoms with Gasteiger partial charge in [-0.15, -0.1) is 0 Å². The van der Waals surface area contributed by atoms with Gasteiger partial charge < -0.3 is 5.32 Å². The maximum atomic E-state index is 13.9. The quantitative estimate of drug-likeness (QED) is 0.927. The average Bonchev–Trinajstić information content (AvgIpc) is 2.79. The fraction of sp³-hybridized carbons (Fsp3) is 0.375. The molecule has 0 radical (unpaired) electrons. The number of rotatable bonds is 2. The predicted octanol–water partition coefficient (Wildman–Crippen LogP) is 2.81. The molecule has 0 saturated heterocycles. The molecule has 6 heteroatoms. The fourth-order valence-electron chi connectivity index (χ4n) is 3.09. The molecule has 4 nitrogen and oxygen atoms in total. The van der Waals surface area contributed by atoms with Crippen LogP contribution < -0.4 is 5.32 Å². The van der Waals surface area contributed by atoms with Crippen molar-refractivity contribution in [1.29, 1.82) is 0 Å². The van der Waals surface area contributed by atoms with Gasteiger partial charge in [0.05, 0.1) is 12.2 Å². The van der Waals surface area contributed by atoms with Gasteiger partial charge in [-0.05, 0) is 48.9 Å². The largest absolute Gasteiger partial charge is 0.344 e. The van der Waals surface area contributed by atoms with Gasteiger partial charge in [-0.25, -0.2) is 8.78 Å². The Hall–Kier alpha value is -2.24. The topological polar surface area (TPSA) is 46.9 Å². The fourth-order valence-corrected chi connectivity index (χ4v) is 3.09. The number of nitrogens with one attached hydrogen (secondary N) is 1. The van der Waals surface area contributed by atoms with Crippen molar-refractivity contribution in [3.05, 3.63) is 52.3 Å². The molecule has 116 valence electrons. The van der Waals surface area contributed by atoms with Crippen molar-refractivity contribution in [3.8, 4) is 0 Å². The van der Waals surface area contributed by atoms with Gasteiger partial charge in [0.1, 0.15) is 17.3 Å². The van der Waals surface area contributed by atoms with Crippen molar-refractivity contribution in [3.63, 3.8) is 0 Å². The lowest BCUT2D eigenvalue weighted by Crippen LogP contribution is -2.33. The average molecular weight is 305 g/mol. The summed E-state index contributed by atoms with van der Waals surface area (Å²) in [6.45, 7) is 1.80. The third-order valence-electron chi connectivity index (χ3n) is 4.13. The van der Waals surface area contributed by atoms with Crippen LogP contribution in [0.15, 0.2) is 18.3 Å². The smallest absolute Gasteiger partial charge is 0.270 e. The van der Waals surface area contributed by atoms with Crippen molar-refractivity contribution < 1.29 is 13.6 Å². The van der Waals surface area contributed by atoms with Crippen molar-refractivity contribution in [2.24, 2.45) is 7.05 Å². The molecule has 0 fully saturated rings. The predicted molar refractivity (Wildman–Crippen MR) is 77.4 cm³/mol. The first-order valence-corrected chi connectivity index (χ1v) is 7.24. The van der Waals surface area contributed by atoms with Gasteiger partial charge in [-0.3, -0.25) is 9.48 Å². The number of hydrogen-bond acceptors (Lipinski definition) is 2. The first-order chi connectivity index (χ1) is 10.5. The molecular formula is C16H17F2N3O. The van der Waals surface area contributed by atoms with Crippen LogP contribution in [0, 0.1) is 18.6 Å². The van der Waals surface area contributed by atoms with Crippen LogP contribution in [-0.4, -0.2) is 15.7 Å². The third kappa shape index (κ3) is 2.49. The summed E-state index contributed by atoms with van der Waals surface area (Å²) >= 11 is 0. The first kappa shape index (κ1) is 14.7. The van der Waals surface area contributed by atoms with Crippen LogP contribution in [0.25, 0.3) is 0 Å². The summed E-state index contributed by atoms with van der Waals surface area (Å²) in [4.78, 5) is 12.4. The van der Waals surface area contributed by atoms with Crippen molar-refractivity contribution in [2.45, 2.75) is 32.2 Å². The molecule has 1 aliphatic carbocycles. The number of benzene rings is 1. The van der Waals surface area contributed by atoms with Crippen LogP contribution in [0.1, 0.15) is 46.1 Å². The maximum absolute atomic E-state index is 13.9. The molecule has 0 aliphatic heterocycles. The lowest BCUT2D eigenvalue weighted by atomic mass is 9.87. The highest BCUT2D eigenvalue weighted by Gasteiger charge is 2.26. The molecule has 0 spiro atoms. The van der Waals surface area contributed by atoms with Crippen LogP contribution in [0.3, 0.4) is 0 Å². The van der Waals surface area contributed by atoms with E-state index in [1.54, 1.807) is 20.2 Å². The van der Waals surface area contributed by atoms with E-state index in [4.69, 9.17) is 0 Å². The molecule has 0 saturated carbocycles. The van der Waals surface area contributed by atoms with Gasteiger partial charge in [-0.1, -0.05) is 0 Å². The second kappa shape index (κ2) is 5.51. The number of nitrogens with zero attached hydrogens (tertiary/aromatic N) is 2. The number of carbonyl (C=O) groups excluding carboxylic acids is 1. The van der Waals surface area contributed by atoms with E-state index in [0.717, 1.165) is 18.1 Å². The number of aryl methyl sites for hydroxylation is 2. The summed E-state index contributed by atoms with van der Waals surface area (Å²) < 4.78 is 28.9. The van der Waals surface area contributed by atoms with Gasteiger partial charge >= 0.3 is 0 Å². The molecule has 1 amide bonds. The van der Waals surface area contributed by atoms with Gasteiger partial charge in [0.2, 0.25) is 0 Å². The van der Waals surface area contributed by atoms with E-state index in [9.17, 15) is 13.6 Å². The van der Waals surface area contributed by atoms with Crippen LogP contribution in [0.2, 0.25) is 0 Å². The van der Waals surface area contributed by atoms with E-state index in [0.29, 0.717) is 29.7 Å². The number of halogens is 2. The Morgan fingerprint density at radius 2 is 2.18 bits per heavy atom. The Morgan fingerprint density at radius 3 is 2.86 bits per heavy atom. The third-order valence-corrected chi connectivity index (χ3v) is 4.13. The summed E-state index contributed by atoms with van der Waals surface area (Å²) in [5, 5.41) is 6.92. The highest BCUT2D eigenvalue weighted by Crippen LogP contribution is 2.32. The molecule has 1 aromatic heterocycles. The van der Waals surface area contributed by atoms with Gasteiger partial charge in [0.15, 0.2) is 0 Å². The molecule has 3 rings (SSSR count). The summed E-state index contributed by atoms with van der Waals surface area (Å²) in [5.41, 5.74) is 2.27. The van der Waals surface area contributed by atoms with E-state index in [-0.39, 0.29) is 11.9 Å². The zero-order valence-corrected chi connectivity index (χ0v) is 12.5. The highest BCUT2D eigenvalue weighted by atomic mass is 19.1. The van der Waals surface area contributed by atoms with Crippen molar-refractivity contribution in [1.82, 2.24) is 15.1 Å². The summed E-state index contributed by atoms with van der Waals surface area (Å²) in [6.07, 6.45) is 3.60. The Kier molecular flexibility index (Phi) is 3.68. The number of carbonyl (C=O) groups is 1. The number of hydrogen-bond donors (Lipinski definition) is 1. The van der Waals surface area contributed by atoms with Gasteiger partial charge in [0.25, 0.3) is 5.91 Å². The monoisotopic (exact) mass is 305 g/mol. The van der Waals surface area contributed by atoms with E-state index in [2.05, 4.69) is 10.4 Å². The Bertz CT molecular complexity index is 720. The maximum Gasteiger partial charge on any atom is 0.270 e. The van der Waals surface area contributed by atoms with Crippen molar-refractivity contribution >= 4 is 5.91 Å². The standard InChI is InChI=1S/C16H17F2N3O/c1-9-8-19-21(2)15(9)16(22)20-14-5-3-4-11-12(14)6-10(17)7-13(11)18/h6-8,14H,3-5H2,1-2H3,(H,20,22)/t14-/m0/s1. The zero-order chi connectivity index (χ0) is 15.9. The molecular weight excluding hydrogens is 288 g/mol. The van der Waals surface area contributed by atoms with E-state index in [1.165, 1.54) is 10.7 Å². The summed E-state index contributed by atoms with van der Waals surface area (Å²) in [6, 6.07) is 1.84. The Labute approximate surface area is 127 Å². The Morgan fingerprint density at radius 1 is 1.41 bits per heavy atom. The van der Waals surface area contributed by atoms with Crippen LogP contribution in [-0.2, 0) is 13.5 Å². The minimum Gasteiger partial charge on any atom is -0.344 e.